The van der Waals surface area contributed by atoms with E-state index in [0.29, 0.717) is 5.52 Å². The van der Waals surface area contributed by atoms with E-state index in [1.807, 2.05) is 0 Å². The van der Waals surface area contributed by atoms with Crippen LogP contribution in [0.15, 0.2) is 23.8 Å². The molecule has 7 rings (SSSR count). The number of H-pyrrole nitrogens is 1. The number of rotatable bonds is 2. The first-order valence-electron chi connectivity index (χ1n) is 11.7. The molecule has 0 amide bonds. The number of aromatic amines is 1. The molecule has 7 unspecified atom stereocenters. The number of anilines is 2. The molecule has 0 aromatic carbocycles. The van der Waals surface area contributed by atoms with E-state index in [2.05, 4.69) is 42.2 Å². The van der Waals surface area contributed by atoms with Gasteiger partial charge in [0, 0.05) is 8.81 Å². The minimum atomic E-state index is -1.99. The van der Waals surface area contributed by atoms with Crippen LogP contribution >= 0.6 is 28.6 Å². The number of ether oxygens (including phenoxy) is 2. The Kier molecular flexibility index (Phi) is 6.59. The molecule has 3 fully saturated rings. The van der Waals surface area contributed by atoms with E-state index < -0.39 is 70.9 Å². The van der Waals surface area contributed by atoms with Gasteiger partial charge < -0.3 is 34.5 Å². The molecule has 16 nitrogen and oxygen atoms in total. The normalized spacial score (nSPS) is 35.3. The number of fused-ring (bicyclic) bond motifs is 5. The van der Waals surface area contributed by atoms with Crippen LogP contribution in [0.2, 0.25) is 0 Å². The first-order valence-corrected chi connectivity index (χ1v) is 15.1. The summed E-state index contributed by atoms with van der Waals surface area (Å²) in [7, 11) is -2.65. The molecule has 4 aromatic heterocycles. The molecule has 0 spiro atoms. The molecule has 4 aromatic rings. The zero-order chi connectivity index (χ0) is 27.7. The van der Waals surface area contributed by atoms with Crippen LogP contribution in [0.1, 0.15) is 12.5 Å². The molecular formula is C19H20F2N10O6P2S. The number of thiol groups is 1. The molecule has 2 bridgehead atoms. The van der Waals surface area contributed by atoms with E-state index in [0.717, 1.165) is 0 Å². The van der Waals surface area contributed by atoms with Crippen LogP contribution in [0.25, 0.3) is 22.3 Å². The van der Waals surface area contributed by atoms with Crippen LogP contribution in [0.4, 0.5) is 20.5 Å². The van der Waals surface area contributed by atoms with E-state index >= 15 is 8.78 Å². The number of nitrogen functional groups attached to an aromatic ring is 2. The summed E-state index contributed by atoms with van der Waals surface area (Å²) in [6, 6.07) is 0. The number of nitrogens with one attached hydrogen (secondary N) is 1. The van der Waals surface area contributed by atoms with E-state index in [1.165, 1.54) is 28.1 Å². The van der Waals surface area contributed by atoms with Gasteiger partial charge in [0.05, 0.1) is 19.3 Å². The van der Waals surface area contributed by atoms with Crippen molar-refractivity contribution in [3.8, 4) is 0 Å². The van der Waals surface area contributed by atoms with Crippen LogP contribution in [-0.4, -0.2) is 82.1 Å². The number of nitrogens with two attached hydrogens (primary N) is 2. The molecule has 21 heteroatoms. The van der Waals surface area contributed by atoms with Crippen molar-refractivity contribution in [2.45, 2.75) is 49.0 Å². The number of aromatic nitrogens is 8. The highest BCUT2D eigenvalue weighted by atomic mass is 32.7. The van der Waals surface area contributed by atoms with Crippen molar-refractivity contribution in [3.05, 3.63) is 29.3 Å². The van der Waals surface area contributed by atoms with Gasteiger partial charge in [-0.2, -0.15) is 4.98 Å². The largest absolute Gasteiger partial charge is 0.382 e. The summed E-state index contributed by atoms with van der Waals surface area (Å²) in [6.07, 6.45) is -5.19. The monoisotopic (exact) mass is 616 g/mol. The lowest BCUT2D eigenvalue weighted by molar-refractivity contribution is -0.0437. The van der Waals surface area contributed by atoms with Gasteiger partial charge in [-0.05, 0) is 0 Å². The maximum atomic E-state index is 15.9. The Morgan fingerprint density at radius 3 is 2.62 bits per heavy atom. The lowest BCUT2D eigenvalue weighted by atomic mass is 10.1. The maximum Gasteiger partial charge on any atom is 0.280 e. The first kappa shape index (κ1) is 26.3. The summed E-state index contributed by atoms with van der Waals surface area (Å²) in [4.78, 5) is 35.0. The second kappa shape index (κ2) is 10.0. The zero-order valence-corrected chi connectivity index (χ0v) is 22.7. The van der Waals surface area contributed by atoms with Crippen molar-refractivity contribution >= 4 is 62.7 Å². The van der Waals surface area contributed by atoms with Gasteiger partial charge in [-0.25, -0.2) is 28.7 Å². The Morgan fingerprint density at radius 2 is 1.80 bits per heavy atom. The number of alkyl halides is 2. The summed E-state index contributed by atoms with van der Waals surface area (Å²) < 4.78 is 63.8. The Hall–Kier alpha value is -2.63. The summed E-state index contributed by atoms with van der Waals surface area (Å²) >= 11 is 4.36. The van der Waals surface area contributed by atoms with Crippen molar-refractivity contribution in [3.63, 3.8) is 0 Å². The van der Waals surface area contributed by atoms with E-state index in [4.69, 9.17) is 34.5 Å². The first-order chi connectivity index (χ1) is 19.3. The zero-order valence-electron chi connectivity index (χ0n) is 19.9. The third kappa shape index (κ3) is 4.23. The highest BCUT2D eigenvalue weighted by molar-refractivity contribution is 8.41. The highest BCUT2D eigenvalue weighted by Gasteiger charge is 2.53. The third-order valence-corrected chi connectivity index (χ3v) is 9.22. The van der Waals surface area contributed by atoms with Crippen LogP contribution in [-0.2, 0) is 23.0 Å². The molecule has 3 saturated heterocycles. The molecule has 7 heterocycles. The van der Waals surface area contributed by atoms with E-state index in [9.17, 15) is 4.79 Å². The Bertz CT molecular complexity index is 1650. The molecule has 3 aliphatic rings. The van der Waals surface area contributed by atoms with Crippen molar-refractivity contribution in [1.29, 1.82) is 0 Å². The maximum absolute atomic E-state index is 15.9. The molecule has 212 valence electrons. The molecule has 0 radical (unpaired) electrons. The third-order valence-electron chi connectivity index (χ3n) is 6.70. The predicted octanol–water partition coefficient (Wildman–Crippen LogP) is 1.10. The van der Waals surface area contributed by atoms with Gasteiger partial charge in [0.2, 0.25) is 13.5 Å². The summed E-state index contributed by atoms with van der Waals surface area (Å²) in [6.45, 7) is -0.160. The molecule has 40 heavy (non-hydrogen) atoms. The SMILES string of the molecule is Nc1nc2c(ncn2C2OC3PO[C@H]4C(COP(S)OC2C3F)O[C@@H](n2cnc3c(N)ncnc32)[C@H]4F)c(=O)[nH]1. The quantitative estimate of drug-likeness (QED) is 0.184. The van der Waals surface area contributed by atoms with Gasteiger partial charge in [-0.15, -0.1) is 0 Å². The number of halogens is 2. The van der Waals surface area contributed by atoms with Gasteiger partial charge in [0.1, 0.15) is 36.0 Å². The number of hydrogen-bond acceptors (Lipinski definition) is 14. The van der Waals surface area contributed by atoms with E-state index in [-0.39, 0.29) is 35.2 Å². The number of hydrogen-bond donors (Lipinski definition) is 4. The smallest absolute Gasteiger partial charge is 0.280 e. The second-order valence-corrected chi connectivity index (χ2v) is 12.0. The van der Waals surface area contributed by atoms with Crippen LogP contribution in [0.3, 0.4) is 0 Å². The van der Waals surface area contributed by atoms with Crippen molar-refractivity contribution in [1.82, 2.24) is 39.0 Å². The Balaban J connectivity index is 1.17. The minimum Gasteiger partial charge on any atom is -0.382 e. The van der Waals surface area contributed by atoms with Gasteiger partial charge in [-0.1, -0.05) is 12.2 Å². The van der Waals surface area contributed by atoms with Crippen molar-refractivity contribution in [2.75, 3.05) is 18.1 Å². The Morgan fingerprint density at radius 1 is 1.02 bits per heavy atom. The lowest BCUT2D eigenvalue weighted by Gasteiger charge is -2.25. The second-order valence-electron chi connectivity index (χ2n) is 9.06. The lowest BCUT2D eigenvalue weighted by Crippen LogP contribution is -2.33. The molecule has 5 N–H and O–H groups in total. The van der Waals surface area contributed by atoms with Gasteiger partial charge in [0.25, 0.3) is 5.56 Å². The molecule has 0 aliphatic carbocycles. The number of nitrogens with zero attached hydrogens (tertiary/aromatic N) is 7. The highest BCUT2D eigenvalue weighted by Crippen LogP contribution is 2.54. The average Bonchev–Trinajstić information content (AvgIpc) is 3.67. The molecule has 3 aliphatic heterocycles. The summed E-state index contributed by atoms with van der Waals surface area (Å²) in [5.74, 6) is -1.18. The predicted molar refractivity (Wildman–Crippen MR) is 140 cm³/mol. The van der Waals surface area contributed by atoms with Gasteiger partial charge >= 0.3 is 0 Å². The fraction of sp³-hybridized carbons (Fsp3) is 0.474. The van der Waals surface area contributed by atoms with Crippen molar-refractivity contribution < 1.29 is 31.8 Å². The average molecular weight is 616 g/mol. The molecular weight excluding hydrogens is 596 g/mol. The topological polar surface area (TPSA) is 205 Å². The fourth-order valence-electron chi connectivity index (χ4n) is 4.85. The minimum absolute atomic E-state index is 0.0177. The van der Waals surface area contributed by atoms with Crippen LogP contribution in [0, 0.1) is 0 Å². The van der Waals surface area contributed by atoms with E-state index in [1.54, 1.807) is 0 Å². The summed E-state index contributed by atoms with van der Waals surface area (Å²) in [5, 5.41) is 0. The van der Waals surface area contributed by atoms with Gasteiger partial charge in [-0.3, -0.25) is 18.9 Å². The van der Waals surface area contributed by atoms with Crippen LogP contribution < -0.4 is 17.0 Å². The fourth-order valence-corrected chi connectivity index (χ4v) is 7.23. The molecule has 0 saturated carbocycles. The van der Waals surface area contributed by atoms with Gasteiger partial charge in [0.15, 0.2) is 47.4 Å². The Labute approximate surface area is 230 Å². The number of imidazole rings is 2. The van der Waals surface area contributed by atoms with Crippen molar-refractivity contribution in [2.24, 2.45) is 0 Å². The molecule has 10 atom stereocenters. The summed E-state index contributed by atoms with van der Waals surface area (Å²) in [5.41, 5.74) is 11.6. The van der Waals surface area contributed by atoms with Crippen LogP contribution in [0.5, 0.6) is 0 Å². The standard InChI is InChI=1S/C19H20F2N10O6P2S/c20-6-10-5(34-16(6)30-3-26-8-12(22)24-2-25-13(8)30)1-33-39(40)37-11-7(21)18(38-36-10)35-17(11)31-4-27-9-14(31)28-19(23)29-15(9)32/h2-7,10-11,16-18,38,40H,1H2,(H2,22,24,25)(H3,23,28,29,32)/t5?,6-,7?,10-,11?,16+,17?,18?,39?/m0/s1.